The smallest absolute Gasteiger partial charge is 0.377 e. The number of ether oxygens (including phenoxy) is 3. The molecule has 1 unspecified atom stereocenters. The van der Waals surface area contributed by atoms with Crippen molar-refractivity contribution < 1.29 is 60.4 Å². The minimum atomic E-state index is -5.70. The molecule has 7 nitrogen and oxygen atoms in total. The van der Waals surface area contributed by atoms with Crippen LogP contribution in [-0.2, 0) is 9.53 Å². The van der Waals surface area contributed by atoms with Gasteiger partial charge in [0.25, 0.3) is 0 Å². The van der Waals surface area contributed by atoms with E-state index in [0.29, 0.717) is 24.5 Å². The maximum absolute atomic E-state index is 13.7. The second-order valence-electron chi connectivity index (χ2n) is 11.8. The number of carboxylic acids is 1. The van der Waals surface area contributed by atoms with Crippen molar-refractivity contribution in [1.29, 1.82) is 0 Å². The average Bonchev–Trinajstić information content (AvgIpc) is 3.04. The molecule has 1 saturated carbocycles. The Morgan fingerprint density at radius 3 is 1.91 bits per heavy atom. The number of halogens is 6. The summed E-state index contributed by atoms with van der Waals surface area (Å²) in [6, 6.07) is 10.3. The quantitative estimate of drug-likeness (QED) is 0.0790. The van der Waals surface area contributed by atoms with Gasteiger partial charge in [0.05, 0.1) is 11.0 Å². The number of phenolic OH excluding ortho intramolecular Hbond substituents is 1. The minimum Gasteiger partial charge on any atom is -0.508 e. The van der Waals surface area contributed by atoms with Gasteiger partial charge in [-0.25, -0.2) is 4.79 Å². The van der Waals surface area contributed by atoms with Gasteiger partial charge < -0.3 is 24.4 Å². The van der Waals surface area contributed by atoms with Crippen molar-refractivity contribution in [3.8, 4) is 17.2 Å². The fourth-order valence-corrected chi connectivity index (χ4v) is 5.28. The predicted molar refractivity (Wildman–Crippen MR) is 163 cm³/mol. The van der Waals surface area contributed by atoms with Gasteiger partial charge in [-0.3, -0.25) is 4.79 Å². The number of carbonyl (C=O) groups is 2. The summed E-state index contributed by atoms with van der Waals surface area (Å²) in [6.45, 7) is 1.95. The Morgan fingerprint density at radius 1 is 0.830 bits per heavy atom. The van der Waals surface area contributed by atoms with E-state index < -0.39 is 37.0 Å². The van der Waals surface area contributed by atoms with E-state index in [1.54, 1.807) is 31.2 Å². The summed E-state index contributed by atoms with van der Waals surface area (Å²) in [5.74, 6) is -16.7. The van der Waals surface area contributed by atoms with Crippen LogP contribution in [0.1, 0.15) is 88.9 Å². The summed E-state index contributed by atoms with van der Waals surface area (Å²) in [5, 5.41) is 18.0. The molecule has 0 radical (unpaired) electrons. The highest BCUT2D eigenvalue weighted by Crippen LogP contribution is 2.47. The van der Waals surface area contributed by atoms with Gasteiger partial charge in [-0.2, -0.15) is 26.3 Å². The van der Waals surface area contributed by atoms with E-state index in [4.69, 9.17) is 9.84 Å². The van der Waals surface area contributed by atoms with Gasteiger partial charge in [-0.05, 0) is 80.1 Å². The van der Waals surface area contributed by atoms with Crippen molar-refractivity contribution >= 4 is 11.9 Å². The Labute approximate surface area is 271 Å². The number of carboxylic acid groups (broad SMARTS) is 1. The number of alkyl halides is 6. The number of aromatic carboxylic acids is 1. The van der Waals surface area contributed by atoms with E-state index in [0.717, 1.165) is 62.8 Å². The zero-order valence-electron chi connectivity index (χ0n) is 26.9. The number of benzene rings is 2. The van der Waals surface area contributed by atoms with Crippen molar-refractivity contribution in [1.82, 2.24) is 0 Å². The lowest BCUT2D eigenvalue weighted by atomic mass is 9.65. The molecule has 0 aromatic heterocycles. The number of hydrogen-bond acceptors (Lipinski definition) is 6. The van der Waals surface area contributed by atoms with Crippen LogP contribution >= 0.6 is 0 Å². The van der Waals surface area contributed by atoms with Crippen LogP contribution in [0.2, 0.25) is 0 Å². The molecule has 0 aliphatic heterocycles. The molecule has 1 fully saturated rings. The third-order valence-electron chi connectivity index (χ3n) is 8.23. The number of rotatable bonds is 16. The maximum Gasteiger partial charge on any atom is 0.377 e. The predicted octanol–water partition coefficient (Wildman–Crippen LogP) is 9.17. The zero-order valence-corrected chi connectivity index (χ0v) is 26.9. The van der Waals surface area contributed by atoms with Gasteiger partial charge >= 0.3 is 29.7 Å². The van der Waals surface area contributed by atoms with Gasteiger partial charge in [-0.15, -0.1) is 0 Å². The number of unbranched alkanes of at least 4 members (excludes halogenated alkanes) is 1. The Morgan fingerprint density at radius 2 is 1.38 bits per heavy atom. The van der Waals surface area contributed by atoms with Crippen LogP contribution in [0.4, 0.5) is 26.3 Å². The lowest BCUT2D eigenvalue weighted by Gasteiger charge is -2.39. The molecular formula is C34H44F6O7. The Hall–Kier alpha value is -3.48. The zero-order chi connectivity index (χ0) is 35.3. The third-order valence-corrected chi connectivity index (χ3v) is 8.23. The van der Waals surface area contributed by atoms with E-state index in [1.807, 2.05) is 0 Å². The van der Waals surface area contributed by atoms with Crippen molar-refractivity contribution in [2.24, 2.45) is 11.3 Å². The molecular weight excluding hydrogens is 634 g/mol. The molecule has 0 amide bonds. The number of aromatic hydroxyl groups is 1. The van der Waals surface area contributed by atoms with Crippen molar-refractivity contribution in [3.05, 3.63) is 54.1 Å². The van der Waals surface area contributed by atoms with Crippen LogP contribution < -0.4 is 9.47 Å². The summed E-state index contributed by atoms with van der Waals surface area (Å²) in [6.07, 6.45) is 8.35. The molecule has 2 N–H and O–H groups in total. The molecule has 2 aromatic carbocycles. The highest BCUT2D eigenvalue weighted by Gasteiger charge is 2.71. The first-order valence-corrected chi connectivity index (χ1v) is 15.7. The van der Waals surface area contributed by atoms with E-state index >= 15 is 0 Å². The number of hydrogen-bond donors (Lipinski definition) is 2. The van der Waals surface area contributed by atoms with Gasteiger partial charge in [0.1, 0.15) is 23.9 Å². The van der Waals surface area contributed by atoms with Crippen LogP contribution in [0, 0.1) is 11.3 Å². The lowest BCUT2D eigenvalue weighted by Crippen LogP contribution is -2.58. The van der Waals surface area contributed by atoms with E-state index in [2.05, 4.69) is 23.3 Å². The van der Waals surface area contributed by atoms with Crippen LogP contribution in [0.3, 0.4) is 0 Å². The average molecular weight is 679 g/mol. The van der Waals surface area contributed by atoms with Gasteiger partial charge in [0, 0.05) is 6.61 Å². The molecule has 0 heterocycles. The number of carbonyl (C=O) groups excluding carboxylic acids is 1. The van der Waals surface area contributed by atoms with Crippen molar-refractivity contribution in [2.45, 2.75) is 96.3 Å². The minimum absolute atomic E-state index is 0.0890. The van der Waals surface area contributed by atoms with E-state index in [-0.39, 0.29) is 35.1 Å². The topological polar surface area (TPSA) is 102 Å². The largest absolute Gasteiger partial charge is 0.508 e. The van der Waals surface area contributed by atoms with Gasteiger partial charge in [-0.1, -0.05) is 52.9 Å². The lowest BCUT2D eigenvalue weighted by molar-refractivity contribution is -0.324. The van der Waals surface area contributed by atoms with Crippen LogP contribution in [-0.4, -0.2) is 59.7 Å². The fourth-order valence-electron chi connectivity index (χ4n) is 5.28. The summed E-state index contributed by atoms with van der Waals surface area (Å²) < 4.78 is 96.0. The molecule has 264 valence electrons. The molecule has 0 spiro atoms. The van der Waals surface area contributed by atoms with Gasteiger partial charge in [0.15, 0.2) is 6.61 Å². The monoisotopic (exact) mass is 678 g/mol. The summed E-state index contributed by atoms with van der Waals surface area (Å²) in [4.78, 5) is 23.4. The second kappa shape index (κ2) is 17.6. The Kier molecular flexibility index (Phi) is 14.9. The highest BCUT2D eigenvalue weighted by atomic mass is 19.3. The summed E-state index contributed by atoms with van der Waals surface area (Å²) >= 11 is 0. The summed E-state index contributed by atoms with van der Waals surface area (Å²) in [7, 11) is 0. The normalized spacial score (nSPS) is 15.6. The molecule has 47 heavy (non-hydrogen) atoms. The molecule has 1 atom stereocenters. The Bertz CT molecular complexity index is 1250. The first-order valence-electron chi connectivity index (χ1n) is 15.7. The first kappa shape index (κ1) is 39.7. The highest BCUT2D eigenvalue weighted by molar-refractivity contribution is 5.87. The Balaban J connectivity index is 0.000000333. The SMILES string of the molecule is CCCC(C)C1(C(=O)Oc2ccc(O)cc2)CCCCC1.CCCCOCC(F)(F)C(F)(F)C(F)(F)COc1ccc(C(=O)O)cc1. The molecule has 13 heteroatoms. The van der Waals surface area contributed by atoms with Crippen molar-refractivity contribution in [2.75, 3.05) is 19.8 Å². The second-order valence-corrected chi connectivity index (χ2v) is 11.8. The molecule has 1 aliphatic carbocycles. The standard InChI is InChI=1S/C18H26O3.C16H18F6O4/c1-3-7-14(2)18(12-5-4-6-13-18)17(20)21-16-10-8-15(19)9-11-16;1-2-3-8-25-9-14(17,18)16(21,22)15(19,20)10-26-12-6-4-11(5-7-12)13(23)24/h8-11,14,19H,3-7,12-13H2,1-2H3;4-7H,2-3,8-10H2,1H3,(H,23,24). The van der Waals surface area contributed by atoms with Crippen LogP contribution in [0.5, 0.6) is 17.2 Å². The van der Waals surface area contributed by atoms with Crippen LogP contribution in [0.25, 0.3) is 0 Å². The number of esters is 1. The van der Waals surface area contributed by atoms with E-state index in [9.17, 15) is 41.0 Å². The maximum atomic E-state index is 13.7. The fraction of sp³-hybridized carbons (Fsp3) is 0.588. The van der Waals surface area contributed by atoms with E-state index in [1.165, 1.54) is 6.42 Å². The molecule has 3 rings (SSSR count). The molecule has 0 bridgehead atoms. The third kappa shape index (κ3) is 10.8. The van der Waals surface area contributed by atoms with Gasteiger partial charge in [0.2, 0.25) is 0 Å². The van der Waals surface area contributed by atoms with Crippen molar-refractivity contribution in [3.63, 3.8) is 0 Å². The first-order chi connectivity index (χ1) is 22.0. The molecule has 2 aromatic rings. The van der Waals surface area contributed by atoms with Crippen LogP contribution in [0.15, 0.2) is 48.5 Å². The summed E-state index contributed by atoms with van der Waals surface area (Å²) in [5.41, 5.74) is -0.517. The number of phenols is 1. The molecule has 0 saturated heterocycles. The molecule has 1 aliphatic rings.